The van der Waals surface area contributed by atoms with Gasteiger partial charge < -0.3 is 13.7 Å². The molecule has 1 aliphatic carbocycles. The number of benzene rings is 7. The van der Waals surface area contributed by atoms with Crippen LogP contribution in [0.3, 0.4) is 0 Å². The monoisotopic (exact) mass is 617 g/mol. The van der Waals surface area contributed by atoms with Crippen LogP contribution in [0, 0.1) is 0 Å². The molecule has 2 aromatic heterocycles. The normalized spacial score (nSPS) is 13.4. The molecule has 0 amide bonds. The minimum Gasteiger partial charge on any atom is -0.456 e. The van der Waals surface area contributed by atoms with E-state index in [1.807, 2.05) is 12.1 Å². The van der Waals surface area contributed by atoms with Gasteiger partial charge in [0.25, 0.3) is 0 Å². The summed E-state index contributed by atoms with van der Waals surface area (Å²) in [6.07, 6.45) is 0. The predicted octanol–water partition coefficient (Wildman–Crippen LogP) is 12.9. The SMILES string of the molecule is CC1(C)c2ccccc2-c2ccc(N(c3ccc(-c4ccccc4)cc3)c3cccc4oc5cc6c(cc5c34)oc3ccccc36)cc21. The van der Waals surface area contributed by atoms with Crippen LogP contribution < -0.4 is 4.90 Å². The van der Waals surface area contributed by atoms with Crippen molar-refractivity contribution in [1.29, 1.82) is 0 Å². The molecule has 0 saturated heterocycles. The van der Waals surface area contributed by atoms with Crippen molar-refractivity contribution in [2.75, 3.05) is 4.90 Å². The first kappa shape index (κ1) is 27.1. The summed E-state index contributed by atoms with van der Waals surface area (Å²) < 4.78 is 13.0. The fourth-order valence-corrected chi connectivity index (χ4v) is 7.90. The number of nitrogens with zero attached hydrogens (tertiary/aromatic N) is 1. The Kier molecular flexibility index (Phi) is 5.63. The van der Waals surface area contributed by atoms with Gasteiger partial charge in [0.05, 0.1) is 11.1 Å². The van der Waals surface area contributed by atoms with Crippen molar-refractivity contribution in [3.63, 3.8) is 0 Å². The summed E-state index contributed by atoms with van der Waals surface area (Å²) in [5, 5.41) is 4.25. The molecule has 0 aliphatic heterocycles. The molecule has 0 unspecified atom stereocenters. The molecule has 10 rings (SSSR count). The van der Waals surface area contributed by atoms with E-state index >= 15 is 0 Å². The van der Waals surface area contributed by atoms with Crippen LogP contribution in [0.4, 0.5) is 17.1 Å². The molecule has 48 heavy (non-hydrogen) atoms. The molecule has 0 saturated carbocycles. The summed E-state index contributed by atoms with van der Waals surface area (Å²) in [5.41, 5.74) is 14.3. The van der Waals surface area contributed by atoms with Gasteiger partial charge in [-0.05, 0) is 88.0 Å². The summed E-state index contributed by atoms with van der Waals surface area (Å²) in [4.78, 5) is 2.38. The Morgan fingerprint density at radius 2 is 1.08 bits per heavy atom. The van der Waals surface area contributed by atoms with Gasteiger partial charge in [-0.25, -0.2) is 0 Å². The number of hydrogen-bond donors (Lipinski definition) is 0. The van der Waals surface area contributed by atoms with Crippen molar-refractivity contribution < 1.29 is 8.83 Å². The van der Waals surface area contributed by atoms with Gasteiger partial charge in [-0.1, -0.05) is 111 Å². The van der Waals surface area contributed by atoms with E-state index in [0.29, 0.717) is 0 Å². The highest BCUT2D eigenvalue weighted by Crippen LogP contribution is 2.51. The maximum absolute atomic E-state index is 6.60. The van der Waals surface area contributed by atoms with Crippen LogP contribution in [0.15, 0.2) is 160 Å². The molecule has 2 heterocycles. The van der Waals surface area contributed by atoms with Gasteiger partial charge in [0.2, 0.25) is 0 Å². The lowest BCUT2D eigenvalue weighted by molar-refractivity contribution is 0.660. The summed E-state index contributed by atoms with van der Waals surface area (Å²) in [6, 6.07) is 54.1. The van der Waals surface area contributed by atoms with E-state index in [1.165, 1.54) is 33.4 Å². The lowest BCUT2D eigenvalue weighted by Gasteiger charge is -2.28. The largest absolute Gasteiger partial charge is 0.456 e. The first-order valence-electron chi connectivity index (χ1n) is 16.5. The van der Waals surface area contributed by atoms with E-state index in [-0.39, 0.29) is 5.41 Å². The molecule has 0 radical (unpaired) electrons. The van der Waals surface area contributed by atoms with Crippen LogP contribution in [0.2, 0.25) is 0 Å². The van der Waals surface area contributed by atoms with Crippen molar-refractivity contribution in [3.8, 4) is 22.3 Å². The first-order valence-corrected chi connectivity index (χ1v) is 16.5. The Labute approximate surface area is 278 Å². The summed E-state index contributed by atoms with van der Waals surface area (Å²) in [6.45, 7) is 4.67. The van der Waals surface area contributed by atoms with E-state index in [0.717, 1.165) is 60.9 Å². The minimum absolute atomic E-state index is 0.119. The second-order valence-electron chi connectivity index (χ2n) is 13.3. The fourth-order valence-electron chi connectivity index (χ4n) is 7.90. The van der Waals surface area contributed by atoms with Crippen LogP contribution in [-0.2, 0) is 5.41 Å². The molecule has 3 nitrogen and oxygen atoms in total. The summed E-state index contributed by atoms with van der Waals surface area (Å²) in [7, 11) is 0. The molecule has 0 atom stereocenters. The average Bonchev–Trinajstić information content (AvgIpc) is 3.75. The number of furan rings is 2. The lowest BCUT2D eigenvalue weighted by atomic mass is 9.82. The number of rotatable bonds is 4. The molecule has 7 aromatic carbocycles. The van der Waals surface area contributed by atoms with E-state index in [1.54, 1.807) is 0 Å². The first-order chi connectivity index (χ1) is 23.5. The molecular formula is C45H31NO2. The molecule has 3 heteroatoms. The van der Waals surface area contributed by atoms with Crippen LogP contribution in [0.25, 0.3) is 66.1 Å². The summed E-state index contributed by atoms with van der Waals surface area (Å²) >= 11 is 0. The zero-order valence-corrected chi connectivity index (χ0v) is 26.7. The van der Waals surface area contributed by atoms with Gasteiger partial charge in [-0.3, -0.25) is 0 Å². The van der Waals surface area contributed by atoms with Crippen LogP contribution in [-0.4, -0.2) is 0 Å². The Bertz CT molecular complexity index is 2690. The van der Waals surface area contributed by atoms with Gasteiger partial charge >= 0.3 is 0 Å². The highest BCUT2D eigenvalue weighted by atomic mass is 16.3. The third-order valence-corrected chi connectivity index (χ3v) is 10.3. The minimum atomic E-state index is -0.119. The molecule has 0 spiro atoms. The van der Waals surface area contributed by atoms with Crippen LogP contribution in [0.5, 0.6) is 0 Å². The third kappa shape index (κ3) is 3.88. The van der Waals surface area contributed by atoms with E-state index in [4.69, 9.17) is 8.83 Å². The smallest absolute Gasteiger partial charge is 0.137 e. The molecule has 0 bridgehead atoms. The Morgan fingerprint density at radius 1 is 0.438 bits per heavy atom. The topological polar surface area (TPSA) is 29.5 Å². The number of hydrogen-bond acceptors (Lipinski definition) is 3. The highest BCUT2D eigenvalue weighted by Gasteiger charge is 2.36. The Balaban J connectivity index is 1.22. The Morgan fingerprint density at radius 3 is 1.96 bits per heavy atom. The second-order valence-corrected chi connectivity index (χ2v) is 13.3. The van der Waals surface area contributed by atoms with E-state index < -0.39 is 0 Å². The molecule has 0 fully saturated rings. The molecule has 9 aromatic rings. The zero-order chi connectivity index (χ0) is 32.0. The maximum atomic E-state index is 6.60. The van der Waals surface area contributed by atoms with Crippen molar-refractivity contribution in [1.82, 2.24) is 0 Å². The second kappa shape index (κ2) is 9.97. The summed E-state index contributed by atoms with van der Waals surface area (Å²) in [5.74, 6) is 0. The predicted molar refractivity (Wildman–Crippen MR) is 199 cm³/mol. The van der Waals surface area contributed by atoms with Gasteiger partial charge in [0, 0.05) is 32.9 Å². The maximum Gasteiger partial charge on any atom is 0.137 e. The number of anilines is 3. The molecule has 1 aliphatic rings. The van der Waals surface area contributed by atoms with Gasteiger partial charge in [0.15, 0.2) is 0 Å². The zero-order valence-electron chi connectivity index (χ0n) is 26.7. The highest BCUT2D eigenvalue weighted by molar-refractivity contribution is 6.18. The quantitative estimate of drug-likeness (QED) is 0.197. The van der Waals surface area contributed by atoms with Crippen molar-refractivity contribution in [3.05, 3.63) is 163 Å². The average molecular weight is 618 g/mol. The van der Waals surface area contributed by atoms with Crippen LogP contribution >= 0.6 is 0 Å². The van der Waals surface area contributed by atoms with Gasteiger partial charge in [0.1, 0.15) is 22.3 Å². The fraction of sp³-hybridized carbons (Fsp3) is 0.0667. The third-order valence-electron chi connectivity index (χ3n) is 10.3. The van der Waals surface area contributed by atoms with Crippen molar-refractivity contribution in [2.45, 2.75) is 19.3 Å². The Hall–Kier alpha value is -6.06. The molecule has 228 valence electrons. The standard InChI is InChI=1S/C45H31NO2/c1-45(2)37-15-8-6-13-32(37)33-24-23-31(25-38(33)45)46(30-21-19-29(20-22-30)28-11-4-3-5-12-28)39-16-10-18-41-44(39)36-27-42-35(26-43(36)48-41)34-14-7-9-17-40(34)47-42/h3-27H,1-2H3. The number of para-hydroxylation sites is 1. The van der Waals surface area contributed by atoms with Crippen molar-refractivity contribution >= 4 is 60.9 Å². The molecular weight excluding hydrogens is 587 g/mol. The van der Waals surface area contributed by atoms with Gasteiger partial charge in [-0.2, -0.15) is 0 Å². The number of fused-ring (bicyclic) bond motifs is 9. The van der Waals surface area contributed by atoms with Gasteiger partial charge in [-0.15, -0.1) is 0 Å². The van der Waals surface area contributed by atoms with Crippen molar-refractivity contribution in [2.24, 2.45) is 0 Å². The lowest BCUT2D eigenvalue weighted by Crippen LogP contribution is -2.16. The molecule has 0 N–H and O–H groups in total. The van der Waals surface area contributed by atoms with E-state index in [2.05, 4.69) is 158 Å². The van der Waals surface area contributed by atoms with Crippen LogP contribution in [0.1, 0.15) is 25.0 Å². The van der Waals surface area contributed by atoms with E-state index in [9.17, 15) is 0 Å².